The smallest absolute Gasteiger partial charge is 0.247 e. The van der Waals surface area contributed by atoms with Crippen molar-refractivity contribution in [3.63, 3.8) is 0 Å². The lowest BCUT2D eigenvalue weighted by molar-refractivity contribution is -0.141. The van der Waals surface area contributed by atoms with Gasteiger partial charge in [0.05, 0.1) is 6.42 Å². The lowest BCUT2D eigenvalue weighted by Gasteiger charge is -2.32. The molecule has 0 unspecified atom stereocenters. The minimum atomic E-state index is -0.739. The molecule has 4 nitrogen and oxygen atoms in total. The van der Waals surface area contributed by atoms with Crippen LogP contribution in [-0.2, 0) is 29.1 Å². The number of carbonyl (C=O) groups is 2. The Labute approximate surface area is 204 Å². The van der Waals surface area contributed by atoms with Crippen molar-refractivity contribution >= 4 is 23.2 Å². The van der Waals surface area contributed by atoms with Gasteiger partial charge in [0.1, 0.15) is 6.04 Å². The highest BCUT2D eigenvalue weighted by atomic mass is 32.1. The fourth-order valence-electron chi connectivity index (χ4n) is 3.87. The first-order chi connectivity index (χ1) is 16.6. The fraction of sp³-hybridized carbons (Fsp3) is 0.172. The monoisotopic (exact) mass is 468 g/mol. The van der Waals surface area contributed by atoms with Crippen molar-refractivity contribution in [3.05, 3.63) is 130 Å². The number of carbonyl (C=O) groups excluding carboxylic acids is 2. The summed E-state index contributed by atoms with van der Waals surface area (Å²) in [6.07, 6.45) is 0.263. The van der Waals surface area contributed by atoms with Gasteiger partial charge in [-0.15, -0.1) is 11.3 Å². The summed E-state index contributed by atoms with van der Waals surface area (Å²) in [5, 5.41) is 5.03. The summed E-state index contributed by atoms with van der Waals surface area (Å²) >= 11 is 1.55. The molecule has 3 aromatic carbocycles. The van der Waals surface area contributed by atoms with Crippen LogP contribution in [0, 0.1) is 6.92 Å². The predicted molar refractivity (Wildman–Crippen MR) is 137 cm³/mol. The lowest BCUT2D eigenvalue weighted by atomic mass is 10.0. The quantitative estimate of drug-likeness (QED) is 0.343. The number of benzene rings is 3. The molecule has 0 bridgehead atoms. The van der Waals surface area contributed by atoms with Crippen LogP contribution in [0.3, 0.4) is 0 Å². The van der Waals surface area contributed by atoms with E-state index in [1.807, 2.05) is 109 Å². The summed E-state index contributed by atoms with van der Waals surface area (Å²) in [5.74, 6) is -0.269. The van der Waals surface area contributed by atoms with E-state index in [9.17, 15) is 9.59 Å². The van der Waals surface area contributed by atoms with Crippen LogP contribution in [0.15, 0.2) is 102 Å². The average Bonchev–Trinajstić information content (AvgIpc) is 3.38. The van der Waals surface area contributed by atoms with Gasteiger partial charge in [-0.1, -0.05) is 96.6 Å². The molecule has 1 atom stereocenters. The molecule has 0 spiro atoms. The molecular formula is C29H28N2O2S. The van der Waals surface area contributed by atoms with Gasteiger partial charge >= 0.3 is 0 Å². The molecule has 0 saturated carbocycles. The zero-order valence-electron chi connectivity index (χ0n) is 19.2. The van der Waals surface area contributed by atoms with Gasteiger partial charge in [0, 0.05) is 18.0 Å². The normalized spacial score (nSPS) is 11.6. The Morgan fingerprint density at radius 2 is 1.47 bits per heavy atom. The highest BCUT2D eigenvalue weighted by molar-refractivity contribution is 7.10. The molecule has 1 aromatic heterocycles. The van der Waals surface area contributed by atoms with E-state index in [4.69, 9.17) is 0 Å². The molecule has 1 heterocycles. The molecule has 0 fully saturated rings. The van der Waals surface area contributed by atoms with Gasteiger partial charge in [-0.05, 0) is 35.1 Å². The van der Waals surface area contributed by atoms with Crippen LogP contribution in [-0.4, -0.2) is 16.7 Å². The maximum absolute atomic E-state index is 13.6. The summed E-state index contributed by atoms with van der Waals surface area (Å²) in [4.78, 5) is 30.0. The third-order valence-corrected chi connectivity index (χ3v) is 6.56. The standard InChI is InChI=1S/C29H28N2O2S/c1-22-14-16-25(17-15-22)28(29(33)30-20-23-9-4-2-5-10-23)31(21-24-11-6-3-7-12-24)27(32)19-26-13-8-18-34-26/h2-18,28H,19-21H2,1H3,(H,30,33)/t28-/m1/s1. The predicted octanol–water partition coefficient (Wildman–Crippen LogP) is 5.69. The zero-order chi connectivity index (χ0) is 23.8. The van der Waals surface area contributed by atoms with E-state index in [0.29, 0.717) is 13.1 Å². The minimum Gasteiger partial charge on any atom is -0.350 e. The SMILES string of the molecule is Cc1ccc([C@H](C(=O)NCc2ccccc2)N(Cc2ccccc2)C(=O)Cc2cccs2)cc1. The number of rotatable bonds is 9. The van der Waals surface area contributed by atoms with Gasteiger partial charge in [-0.3, -0.25) is 9.59 Å². The number of aryl methyl sites for hydroxylation is 1. The Kier molecular flexibility index (Phi) is 7.89. The summed E-state index contributed by atoms with van der Waals surface area (Å²) in [7, 11) is 0. The van der Waals surface area contributed by atoms with Crippen molar-refractivity contribution in [2.75, 3.05) is 0 Å². The first kappa shape index (κ1) is 23.5. The van der Waals surface area contributed by atoms with Gasteiger partial charge < -0.3 is 10.2 Å². The van der Waals surface area contributed by atoms with Crippen molar-refractivity contribution in [3.8, 4) is 0 Å². The van der Waals surface area contributed by atoms with Gasteiger partial charge in [0.2, 0.25) is 11.8 Å². The van der Waals surface area contributed by atoms with Gasteiger partial charge in [0.15, 0.2) is 0 Å². The van der Waals surface area contributed by atoms with E-state index >= 15 is 0 Å². The molecule has 0 aliphatic carbocycles. The topological polar surface area (TPSA) is 49.4 Å². The fourth-order valence-corrected chi connectivity index (χ4v) is 4.57. The number of hydrogen-bond acceptors (Lipinski definition) is 3. The van der Waals surface area contributed by atoms with Crippen LogP contribution in [0.5, 0.6) is 0 Å². The lowest BCUT2D eigenvalue weighted by Crippen LogP contribution is -2.43. The Balaban J connectivity index is 1.67. The molecule has 4 rings (SSSR count). The minimum absolute atomic E-state index is 0.0771. The number of hydrogen-bond donors (Lipinski definition) is 1. The van der Waals surface area contributed by atoms with Crippen molar-refractivity contribution < 1.29 is 9.59 Å². The second kappa shape index (κ2) is 11.4. The first-order valence-electron chi connectivity index (χ1n) is 11.3. The van der Waals surface area contributed by atoms with E-state index in [1.54, 1.807) is 16.2 Å². The van der Waals surface area contributed by atoms with Crippen molar-refractivity contribution in [1.82, 2.24) is 10.2 Å². The molecule has 4 aromatic rings. The van der Waals surface area contributed by atoms with Crippen LogP contribution in [0.4, 0.5) is 0 Å². The Morgan fingerprint density at radius 1 is 0.824 bits per heavy atom. The summed E-state index contributed by atoms with van der Waals surface area (Å²) < 4.78 is 0. The second-order valence-electron chi connectivity index (χ2n) is 8.28. The molecule has 0 aliphatic heterocycles. The molecule has 2 amide bonds. The third kappa shape index (κ3) is 6.21. The second-order valence-corrected chi connectivity index (χ2v) is 9.31. The summed E-state index contributed by atoms with van der Waals surface area (Å²) in [6.45, 7) is 2.76. The van der Waals surface area contributed by atoms with Crippen molar-refractivity contribution in [2.24, 2.45) is 0 Å². The highest BCUT2D eigenvalue weighted by Crippen LogP contribution is 2.26. The van der Waals surface area contributed by atoms with Crippen molar-refractivity contribution in [1.29, 1.82) is 0 Å². The van der Waals surface area contributed by atoms with Crippen LogP contribution in [0.2, 0.25) is 0 Å². The molecule has 0 radical (unpaired) electrons. The maximum Gasteiger partial charge on any atom is 0.247 e. The average molecular weight is 469 g/mol. The number of nitrogens with zero attached hydrogens (tertiary/aromatic N) is 1. The highest BCUT2D eigenvalue weighted by Gasteiger charge is 2.31. The summed E-state index contributed by atoms with van der Waals surface area (Å²) in [6, 6.07) is 30.6. The van der Waals surface area contributed by atoms with E-state index in [0.717, 1.165) is 27.1 Å². The van der Waals surface area contributed by atoms with Crippen LogP contribution >= 0.6 is 11.3 Å². The molecule has 172 valence electrons. The molecule has 5 heteroatoms. The number of thiophene rings is 1. The summed E-state index contributed by atoms with van der Waals surface area (Å²) in [5.41, 5.74) is 3.89. The Hall–Kier alpha value is -3.70. The van der Waals surface area contributed by atoms with Crippen LogP contribution in [0.1, 0.15) is 33.2 Å². The van der Waals surface area contributed by atoms with Gasteiger partial charge in [-0.2, -0.15) is 0 Å². The number of nitrogens with one attached hydrogen (secondary N) is 1. The van der Waals surface area contributed by atoms with E-state index < -0.39 is 6.04 Å². The Morgan fingerprint density at radius 3 is 2.09 bits per heavy atom. The van der Waals surface area contributed by atoms with Gasteiger partial charge in [0.25, 0.3) is 0 Å². The molecular weight excluding hydrogens is 440 g/mol. The van der Waals surface area contributed by atoms with E-state index in [-0.39, 0.29) is 18.2 Å². The zero-order valence-corrected chi connectivity index (χ0v) is 20.0. The number of amides is 2. The van der Waals surface area contributed by atoms with E-state index in [1.165, 1.54) is 0 Å². The molecule has 1 N–H and O–H groups in total. The molecule has 34 heavy (non-hydrogen) atoms. The van der Waals surface area contributed by atoms with Crippen molar-refractivity contribution in [2.45, 2.75) is 32.5 Å². The Bertz CT molecular complexity index is 1190. The van der Waals surface area contributed by atoms with Gasteiger partial charge in [-0.25, -0.2) is 0 Å². The van der Waals surface area contributed by atoms with E-state index in [2.05, 4.69) is 5.32 Å². The van der Waals surface area contributed by atoms with Crippen LogP contribution in [0.25, 0.3) is 0 Å². The molecule has 0 saturated heterocycles. The maximum atomic E-state index is 13.6. The van der Waals surface area contributed by atoms with Crippen LogP contribution < -0.4 is 5.32 Å². The third-order valence-electron chi connectivity index (χ3n) is 5.68. The molecule has 0 aliphatic rings. The first-order valence-corrected chi connectivity index (χ1v) is 12.2. The largest absolute Gasteiger partial charge is 0.350 e.